The summed E-state index contributed by atoms with van der Waals surface area (Å²) in [5, 5.41) is 6.19. The van der Waals surface area contributed by atoms with Crippen LogP contribution in [0.3, 0.4) is 0 Å². The van der Waals surface area contributed by atoms with E-state index in [-0.39, 0.29) is 34.3 Å². The molecule has 6 aromatic rings. The highest BCUT2D eigenvalue weighted by Crippen LogP contribution is 2.38. The fraction of sp³-hybridized carbons (Fsp3) is 0.150. The molecule has 0 spiro atoms. The lowest BCUT2D eigenvalue weighted by Gasteiger charge is -2.16. The summed E-state index contributed by atoms with van der Waals surface area (Å²) >= 11 is 6.28. The van der Waals surface area contributed by atoms with E-state index in [0.717, 1.165) is 58.6 Å². The van der Waals surface area contributed by atoms with Crippen molar-refractivity contribution in [3.8, 4) is 0 Å². The predicted molar refractivity (Wildman–Crippen MR) is 201 cm³/mol. The molecule has 260 valence electrons. The quantitative estimate of drug-likeness (QED) is 0.171. The molecule has 0 fully saturated rings. The summed E-state index contributed by atoms with van der Waals surface area (Å²) in [6.07, 6.45) is 13.0. The topological polar surface area (TPSA) is 154 Å². The van der Waals surface area contributed by atoms with Crippen LogP contribution >= 0.6 is 11.6 Å². The Morgan fingerprint density at radius 3 is 1.62 bits per heavy atom. The SMILES string of the molecule is Nc1cccc2c1CCC2n1cccc(C(=O)Nc2ccncc2)c1=O.O=C(Nc1ccncc1)c1cccn(C2CCc3c(Cl)cccc32)c1=O. The van der Waals surface area contributed by atoms with Crippen molar-refractivity contribution in [1.82, 2.24) is 19.1 Å². The lowest BCUT2D eigenvalue weighted by atomic mass is 10.1. The number of halogens is 1. The average Bonchev–Trinajstić information content (AvgIpc) is 3.79. The summed E-state index contributed by atoms with van der Waals surface area (Å²) in [6.45, 7) is 0. The van der Waals surface area contributed by atoms with Gasteiger partial charge in [-0.15, -0.1) is 0 Å². The summed E-state index contributed by atoms with van der Waals surface area (Å²) in [5.41, 5.74) is 11.9. The Balaban J connectivity index is 0.000000162. The molecule has 2 aromatic carbocycles. The molecule has 52 heavy (non-hydrogen) atoms. The van der Waals surface area contributed by atoms with Gasteiger partial charge in [0.25, 0.3) is 22.9 Å². The first-order valence-corrected chi connectivity index (χ1v) is 17.2. The molecule has 0 radical (unpaired) electrons. The molecule has 12 heteroatoms. The molecule has 4 aromatic heterocycles. The number of anilines is 3. The number of aromatic nitrogens is 4. The van der Waals surface area contributed by atoms with Crippen LogP contribution in [-0.4, -0.2) is 30.9 Å². The summed E-state index contributed by atoms with van der Waals surface area (Å²) in [5.74, 6) is -0.860. The highest BCUT2D eigenvalue weighted by molar-refractivity contribution is 6.31. The third-order valence-corrected chi connectivity index (χ3v) is 9.80. The number of benzene rings is 2. The van der Waals surface area contributed by atoms with E-state index in [1.165, 1.54) is 0 Å². The van der Waals surface area contributed by atoms with Crippen molar-refractivity contribution in [3.63, 3.8) is 0 Å². The van der Waals surface area contributed by atoms with E-state index in [1.54, 1.807) is 94.8 Å². The van der Waals surface area contributed by atoms with E-state index < -0.39 is 11.8 Å². The highest BCUT2D eigenvalue weighted by atomic mass is 35.5. The van der Waals surface area contributed by atoms with E-state index in [9.17, 15) is 19.2 Å². The normalized spacial score (nSPS) is 15.5. The lowest BCUT2D eigenvalue weighted by Crippen LogP contribution is -2.31. The number of nitrogens with zero attached hydrogens (tertiary/aromatic N) is 4. The fourth-order valence-electron chi connectivity index (χ4n) is 6.95. The van der Waals surface area contributed by atoms with Crippen molar-refractivity contribution in [2.45, 2.75) is 37.8 Å². The number of rotatable bonds is 6. The van der Waals surface area contributed by atoms with Gasteiger partial charge in [-0.1, -0.05) is 35.9 Å². The summed E-state index contributed by atoms with van der Waals surface area (Å²) in [6, 6.07) is 24.6. The van der Waals surface area contributed by atoms with E-state index >= 15 is 0 Å². The van der Waals surface area contributed by atoms with Gasteiger partial charge in [0, 0.05) is 59.3 Å². The zero-order valence-corrected chi connectivity index (χ0v) is 28.7. The van der Waals surface area contributed by atoms with Gasteiger partial charge in [-0.3, -0.25) is 29.1 Å². The molecule has 2 amide bonds. The molecular formula is C40H34ClN7O4. The van der Waals surface area contributed by atoms with Crippen LogP contribution in [0.4, 0.5) is 17.1 Å². The second kappa shape index (κ2) is 14.9. The first kappa shape index (κ1) is 34.1. The van der Waals surface area contributed by atoms with Crippen LogP contribution in [-0.2, 0) is 12.8 Å². The molecular weight excluding hydrogens is 678 g/mol. The largest absolute Gasteiger partial charge is 0.398 e. The van der Waals surface area contributed by atoms with Crippen molar-refractivity contribution in [2.75, 3.05) is 16.4 Å². The molecule has 11 nitrogen and oxygen atoms in total. The summed E-state index contributed by atoms with van der Waals surface area (Å²) < 4.78 is 3.26. The van der Waals surface area contributed by atoms with Crippen LogP contribution in [0.2, 0.25) is 5.02 Å². The lowest BCUT2D eigenvalue weighted by molar-refractivity contribution is 0.101. The number of carbonyl (C=O) groups is 2. The average molecular weight is 712 g/mol. The molecule has 2 unspecified atom stereocenters. The number of nitrogens with one attached hydrogen (secondary N) is 2. The molecule has 2 atom stereocenters. The van der Waals surface area contributed by atoms with Gasteiger partial charge in [-0.25, -0.2) is 0 Å². The summed E-state index contributed by atoms with van der Waals surface area (Å²) in [7, 11) is 0. The Bertz CT molecular complexity index is 2230. The maximum absolute atomic E-state index is 12.9. The van der Waals surface area contributed by atoms with Gasteiger partial charge in [0.05, 0.1) is 12.1 Å². The smallest absolute Gasteiger partial charge is 0.263 e. The molecule has 2 aliphatic rings. The van der Waals surface area contributed by atoms with Crippen molar-refractivity contribution in [1.29, 1.82) is 0 Å². The van der Waals surface area contributed by atoms with E-state index in [4.69, 9.17) is 17.3 Å². The Kier molecular flexibility index (Phi) is 9.77. The minimum Gasteiger partial charge on any atom is -0.398 e. The molecule has 2 aliphatic carbocycles. The van der Waals surface area contributed by atoms with Crippen LogP contribution in [0, 0.1) is 0 Å². The van der Waals surface area contributed by atoms with Crippen LogP contribution in [0.15, 0.2) is 132 Å². The van der Waals surface area contributed by atoms with Crippen molar-refractivity contribution in [2.24, 2.45) is 0 Å². The number of hydrogen-bond acceptors (Lipinski definition) is 7. The molecule has 0 saturated heterocycles. The van der Waals surface area contributed by atoms with Gasteiger partial charge >= 0.3 is 0 Å². The van der Waals surface area contributed by atoms with Crippen LogP contribution < -0.4 is 27.5 Å². The monoisotopic (exact) mass is 711 g/mol. The number of fused-ring (bicyclic) bond motifs is 2. The van der Waals surface area contributed by atoms with Gasteiger partial charge in [0.2, 0.25) is 0 Å². The van der Waals surface area contributed by atoms with Crippen molar-refractivity contribution < 1.29 is 9.59 Å². The predicted octanol–water partition coefficient (Wildman–Crippen LogP) is 6.30. The Hall–Kier alpha value is -6.33. The molecule has 0 aliphatic heterocycles. The maximum Gasteiger partial charge on any atom is 0.263 e. The summed E-state index contributed by atoms with van der Waals surface area (Å²) in [4.78, 5) is 58.8. The van der Waals surface area contributed by atoms with Crippen molar-refractivity contribution in [3.05, 3.63) is 181 Å². The van der Waals surface area contributed by atoms with Gasteiger partial charge < -0.3 is 25.5 Å². The molecule has 4 heterocycles. The second-order valence-corrected chi connectivity index (χ2v) is 12.9. The second-order valence-electron chi connectivity index (χ2n) is 12.5. The van der Waals surface area contributed by atoms with E-state index in [0.29, 0.717) is 11.4 Å². The number of carbonyl (C=O) groups excluding carboxylic acids is 2. The molecule has 8 rings (SSSR count). The van der Waals surface area contributed by atoms with Gasteiger partial charge in [-0.2, -0.15) is 0 Å². The number of amides is 2. The standard InChI is InChI=1S/C20H16ClN3O2.C20H18N4O2/c2*21-17-5-1-3-15-14(17)6-7-18(15)24-12-2-4-16(20(24)26)19(25)23-13-8-10-22-11-9-13/h1-5,8-12,18H,6-7H2,(H,22,23,25);1-5,8-12,18H,6-7,21H2,(H,22,23,25). The van der Waals surface area contributed by atoms with Crippen LogP contribution in [0.25, 0.3) is 0 Å². The van der Waals surface area contributed by atoms with Gasteiger partial charge in [0.1, 0.15) is 11.1 Å². The van der Waals surface area contributed by atoms with Crippen LogP contribution in [0.5, 0.6) is 0 Å². The maximum atomic E-state index is 12.9. The minimum atomic E-state index is -0.431. The molecule has 0 bridgehead atoms. The Morgan fingerprint density at radius 1 is 0.635 bits per heavy atom. The molecule has 0 saturated carbocycles. The zero-order chi connectivity index (χ0) is 36.2. The third kappa shape index (κ3) is 6.86. The van der Waals surface area contributed by atoms with E-state index in [1.807, 2.05) is 36.4 Å². The number of nitrogens with two attached hydrogens (primary N) is 1. The minimum absolute atomic E-state index is 0.102. The first-order chi connectivity index (χ1) is 25.3. The molecule has 4 N–H and O–H groups in total. The zero-order valence-electron chi connectivity index (χ0n) is 27.9. The fourth-order valence-corrected chi connectivity index (χ4v) is 7.23. The number of pyridine rings is 4. The van der Waals surface area contributed by atoms with Gasteiger partial charge in [-0.05, 0) is 109 Å². The van der Waals surface area contributed by atoms with E-state index in [2.05, 4.69) is 20.6 Å². The van der Waals surface area contributed by atoms with Gasteiger partial charge in [0.15, 0.2) is 0 Å². The first-order valence-electron chi connectivity index (χ1n) is 16.8. The third-order valence-electron chi connectivity index (χ3n) is 9.44. The number of nitrogen functional groups attached to an aromatic ring is 1. The number of hydrogen-bond donors (Lipinski definition) is 3. The Labute approximate surface area is 303 Å². The highest BCUT2D eigenvalue weighted by Gasteiger charge is 2.28. The Morgan fingerprint density at radius 2 is 1.10 bits per heavy atom. The van der Waals surface area contributed by atoms with Crippen LogP contribution in [0.1, 0.15) is 67.9 Å². The van der Waals surface area contributed by atoms with Crippen molar-refractivity contribution >= 4 is 40.5 Å².